The largest absolute Gasteiger partial charge is 0.390 e. The van der Waals surface area contributed by atoms with Gasteiger partial charge in [0.25, 0.3) is 0 Å². The third kappa shape index (κ3) is 2.86. The molecule has 4 rings (SSSR count). The van der Waals surface area contributed by atoms with E-state index >= 15 is 0 Å². The summed E-state index contributed by atoms with van der Waals surface area (Å²) in [5, 5.41) is 21.1. The number of aliphatic hydroxyl groups is 1. The zero-order chi connectivity index (χ0) is 16.5. The van der Waals surface area contributed by atoms with Crippen molar-refractivity contribution in [2.75, 3.05) is 11.5 Å². The van der Waals surface area contributed by atoms with Gasteiger partial charge in [0.1, 0.15) is 0 Å². The van der Waals surface area contributed by atoms with Crippen molar-refractivity contribution in [2.45, 2.75) is 17.0 Å². The number of rotatable bonds is 5. The number of para-hydroxylation sites is 2. The molecular formula is C17H16N4OS2. The molecule has 2 aromatic carbocycles. The molecule has 0 fully saturated rings. The first kappa shape index (κ1) is 15.4. The molecule has 0 saturated carbocycles. The second-order valence-corrected chi connectivity index (χ2v) is 7.79. The van der Waals surface area contributed by atoms with Crippen molar-refractivity contribution in [3.63, 3.8) is 0 Å². The van der Waals surface area contributed by atoms with Crippen LogP contribution in [-0.4, -0.2) is 31.7 Å². The monoisotopic (exact) mass is 356 g/mol. The van der Waals surface area contributed by atoms with Crippen molar-refractivity contribution in [1.29, 1.82) is 0 Å². The van der Waals surface area contributed by atoms with E-state index in [-0.39, 0.29) is 0 Å². The second kappa shape index (κ2) is 6.43. The summed E-state index contributed by atoms with van der Waals surface area (Å²) >= 11 is 2.83. The van der Waals surface area contributed by atoms with Gasteiger partial charge in [-0.2, -0.15) is 0 Å². The Morgan fingerprint density at radius 3 is 2.25 bits per heavy atom. The highest BCUT2D eigenvalue weighted by molar-refractivity contribution is 8.01. The van der Waals surface area contributed by atoms with Gasteiger partial charge >= 0.3 is 0 Å². The number of anilines is 1. The van der Waals surface area contributed by atoms with Gasteiger partial charge in [0.05, 0.1) is 12.6 Å². The first-order valence-corrected chi connectivity index (χ1v) is 9.38. The number of nitrogens with zero attached hydrogens (tertiary/aromatic N) is 3. The fourth-order valence-electron chi connectivity index (χ4n) is 2.91. The van der Waals surface area contributed by atoms with E-state index in [2.05, 4.69) is 39.0 Å². The summed E-state index contributed by atoms with van der Waals surface area (Å²) < 4.78 is 2.97. The van der Waals surface area contributed by atoms with Crippen LogP contribution in [0.15, 0.2) is 52.9 Å². The number of nitrogens with two attached hydrogens (primary N) is 1. The molecule has 0 aliphatic heterocycles. The van der Waals surface area contributed by atoms with Gasteiger partial charge in [-0.3, -0.25) is 0 Å². The lowest BCUT2D eigenvalue weighted by Crippen LogP contribution is -2.18. The quantitative estimate of drug-likeness (QED) is 0.536. The van der Waals surface area contributed by atoms with Crippen molar-refractivity contribution >= 4 is 50.0 Å². The Hall–Kier alpha value is -2.09. The maximum Gasteiger partial charge on any atom is 0.203 e. The van der Waals surface area contributed by atoms with Crippen molar-refractivity contribution in [2.24, 2.45) is 0 Å². The Morgan fingerprint density at radius 2 is 1.67 bits per heavy atom. The van der Waals surface area contributed by atoms with Crippen LogP contribution in [0.25, 0.3) is 21.8 Å². The Labute approximate surface area is 147 Å². The average Bonchev–Trinajstić information content (AvgIpc) is 3.16. The van der Waals surface area contributed by atoms with Crippen LogP contribution in [0.1, 0.15) is 0 Å². The van der Waals surface area contributed by atoms with Crippen LogP contribution in [0.5, 0.6) is 0 Å². The van der Waals surface area contributed by atoms with Crippen LogP contribution in [-0.2, 0) is 6.54 Å². The van der Waals surface area contributed by atoms with Gasteiger partial charge in [0.2, 0.25) is 5.13 Å². The summed E-state index contributed by atoms with van der Waals surface area (Å²) in [5.41, 5.74) is 7.87. The van der Waals surface area contributed by atoms with Gasteiger partial charge < -0.3 is 15.4 Å². The SMILES string of the molecule is Nc1nnc(SCC(O)Cn2c3ccccc3c3ccccc32)s1. The summed E-state index contributed by atoms with van der Waals surface area (Å²) in [6.07, 6.45) is -0.487. The zero-order valence-electron chi connectivity index (χ0n) is 12.8. The van der Waals surface area contributed by atoms with Crippen LogP contribution in [0.2, 0.25) is 0 Å². The minimum Gasteiger partial charge on any atom is -0.390 e. The van der Waals surface area contributed by atoms with Gasteiger partial charge in [0, 0.05) is 27.6 Å². The molecule has 24 heavy (non-hydrogen) atoms. The van der Waals surface area contributed by atoms with Crippen molar-refractivity contribution in [3.05, 3.63) is 48.5 Å². The fourth-order valence-corrected chi connectivity index (χ4v) is 4.49. The van der Waals surface area contributed by atoms with Crippen LogP contribution < -0.4 is 5.73 Å². The summed E-state index contributed by atoms with van der Waals surface area (Å²) in [7, 11) is 0. The molecule has 0 aliphatic rings. The summed E-state index contributed by atoms with van der Waals surface area (Å²) in [6, 6.07) is 16.6. The molecule has 3 N–H and O–H groups in total. The number of fused-ring (bicyclic) bond motifs is 3. The van der Waals surface area contributed by atoms with Crippen molar-refractivity contribution in [1.82, 2.24) is 14.8 Å². The van der Waals surface area contributed by atoms with E-state index in [1.54, 1.807) is 0 Å². The van der Waals surface area contributed by atoms with E-state index in [0.717, 1.165) is 15.4 Å². The summed E-state index contributed by atoms with van der Waals surface area (Å²) in [4.78, 5) is 0. The van der Waals surface area contributed by atoms with Gasteiger partial charge in [-0.15, -0.1) is 10.2 Å². The molecule has 0 saturated heterocycles. The molecule has 0 spiro atoms. The van der Waals surface area contributed by atoms with Crippen molar-refractivity contribution < 1.29 is 5.11 Å². The zero-order valence-corrected chi connectivity index (χ0v) is 14.4. The molecule has 122 valence electrons. The third-order valence-electron chi connectivity index (χ3n) is 3.89. The lowest BCUT2D eigenvalue weighted by atomic mass is 10.2. The van der Waals surface area contributed by atoms with E-state index in [0.29, 0.717) is 17.4 Å². The predicted octanol–water partition coefficient (Wildman–Crippen LogP) is 3.38. The first-order valence-electron chi connectivity index (χ1n) is 7.58. The highest BCUT2D eigenvalue weighted by Crippen LogP contribution is 2.30. The average molecular weight is 356 g/mol. The second-order valence-electron chi connectivity index (χ2n) is 5.52. The van der Waals surface area contributed by atoms with Gasteiger partial charge in [-0.05, 0) is 12.1 Å². The molecule has 7 heteroatoms. The van der Waals surface area contributed by atoms with Gasteiger partial charge in [-0.25, -0.2) is 0 Å². The number of hydrogen-bond acceptors (Lipinski definition) is 6. The summed E-state index contributed by atoms with van der Waals surface area (Å²) in [5.74, 6) is 0.551. The van der Waals surface area contributed by atoms with Crippen LogP contribution in [0, 0.1) is 0 Å². The maximum atomic E-state index is 10.5. The van der Waals surface area contributed by atoms with Crippen LogP contribution in [0.3, 0.4) is 0 Å². The third-order valence-corrected chi connectivity index (χ3v) is 5.93. The normalized spacial score (nSPS) is 12.9. The number of benzene rings is 2. The summed E-state index contributed by atoms with van der Waals surface area (Å²) in [6.45, 7) is 0.537. The van der Waals surface area contributed by atoms with E-state index in [9.17, 15) is 5.11 Å². The Kier molecular flexibility index (Phi) is 4.13. The number of hydrogen-bond donors (Lipinski definition) is 2. The van der Waals surface area contributed by atoms with E-state index in [1.807, 2.05) is 24.3 Å². The standard InChI is InChI=1S/C17H16N4OS2/c18-16-19-20-17(24-16)23-10-11(22)9-21-14-7-3-1-5-12(14)13-6-2-4-8-15(13)21/h1-8,11,22H,9-10H2,(H2,18,19). The van der Waals surface area contributed by atoms with E-state index in [4.69, 9.17) is 5.73 Å². The molecule has 0 bridgehead atoms. The molecule has 5 nitrogen and oxygen atoms in total. The number of aliphatic hydroxyl groups excluding tert-OH is 1. The van der Waals surface area contributed by atoms with Crippen LogP contribution in [0.4, 0.5) is 5.13 Å². The fraction of sp³-hybridized carbons (Fsp3) is 0.176. The minimum atomic E-state index is -0.487. The molecule has 2 heterocycles. The van der Waals surface area contributed by atoms with E-state index < -0.39 is 6.10 Å². The Bertz CT molecular complexity index is 941. The molecule has 0 aliphatic carbocycles. The van der Waals surface area contributed by atoms with Gasteiger partial charge in [0.15, 0.2) is 4.34 Å². The lowest BCUT2D eigenvalue weighted by molar-refractivity contribution is 0.181. The van der Waals surface area contributed by atoms with Gasteiger partial charge in [-0.1, -0.05) is 59.5 Å². The highest BCUT2D eigenvalue weighted by atomic mass is 32.2. The topological polar surface area (TPSA) is 77.0 Å². The van der Waals surface area contributed by atoms with Crippen molar-refractivity contribution in [3.8, 4) is 0 Å². The smallest absolute Gasteiger partial charge is 0.203 e. The lowest BCUT2D eigenvalue weighted by Gasteiger charge is -2.13. The van der Waals surface area contributed by atoms with E-state index in [1.165, 1.54) is 33.9 Å². The number of nitrogen functional groups attached to an aromatic ring is 1. The number of thioether (sulfide) groups is 1. The maximum absolute atomic E-state index is 10.5. The molecule has 1 atom stereocenters. The molecule has 0 amide bonds. The Morgan fingerprint density at radius 1 is 1.04 bits per heavy atom. The highest BCUT2D eigenvalue weighted by Gasteiger charge is 2.14. The predicted molar refractivity (Wildman–Crippen MR) is 100 cm³/mol. The molecule has 4 aromatic rings. The minimum absolute atomic E-state index is 0.453. The molecular weight excluding hydrogens is 340 g/mol. The first-order chi connectivity index (χ1) is 11.7. The molecule has 2 aromatic heterocycles. The van der Waals surface area contributed by atoms with Crippen LogP contribution >= 0.6 is 23.1 Å². The molecule has 1 unspecified atom stereocenters. The Balaban J connectivity index is 1.61. The molecule has 0 radical (unpaired) electrons. The number of aromatic nitrogens is 3.